The number of aryl methyl sites for hydroxylation is 2. The van der Waals surface area contributed by atoms with Gasteiger partial charge >= 0.3 is 0 Å². The fourth-order valence-electron chi connectivity index (χ4n) is 1.51. The smallest absolute Gasteiger partial charge is 0.211 e. The summed E-state index contributed by atoms with van der Waals surface area (Å²) in [5.74, 6) is 0. The van der Waals surface area contributed by atoms with Crippen LogP contribution in [0.3, 0.4) is 0 Å². The third-order valence-corrected chi connectivity index (χ3v) is 4.61. The van der Waals surface area contributed by atoms with Gasteiger partial charge in [-0.25, -0.2) is 13.1 Å². The summed E-state index contributed by atoms with van der Waals surface area (Å²) in [6, 6.07) is 3.66. The van der Waals surface area contributed by atoms with E-state index < -0.39 is 10.0 Å². The molecular formula is C10H14BrNO2S. The number of hydrogen-bond donors (Lipinski definition) is 1. The Labute approximate surface area is 99.1 Å². The van der Waals surface area contributed by atoms with E-state index in [1.165, 1.54) is 0 Å². The summed E-state index contributed by atoms with van der Waals surface area (Å²) in [6.07, 6.45) is 0. The van der Waals surface area contributed by atoms with Crippen molar-refractivity contribution in [2.24, 2.45) is 0 Å². The Balaban J connectivity index is 3.38. The van der Waals surface area contributed by atoms with E-state index in [-0.39, 0.29) is 0 Å². The zero-order valence-corrected chi connectivity index (χ0v) is 11.4. The fourth-order valence-corrected chi connectivity index (χ4v) is 4.14. The highest BCUT2D eigenvalue weighted by Crippen LogP contribution is 2.26. The van der Waals surface area contributed by atoms with E-state index in [0.29, 0.717) is 15.9 Å². The molecule has 1 aromatic rings. The van der Waals surface area contributed by atoms with E-state index in [0.717, 1.165) is 11.1 Å². The number of hydrogen-bond acceptors (Lipinski definition) is 2. The molecule has 0 atom stereocenters. The van der Waals surface area contributed by atoms with Crippen molar-refractivity contribution in [1.82, 2.24) is 4.72 Å². The van der Waals surface area contributed by atoms with Crippen LogP contribution >= 0.6 is 15.9 Å². The van der Waals surface area contributed by atoms with Gasteiger partial charge in [0, 0.05) is 11.0 Å². The van der Waals surface area contributed by atoms with Gasteiger partial charge in [0.05, 0.1) is 4.90 Å². The molecule has 15 heavy (non-hydrogen) atoms. The molecule has 0 amide bonds. The maximum atomic E-state index is 11.8. The Kier molecular flexibility index (Phi) is 3.92. The lowest BCUT2D eigenvalue weighted by atomic mass is 10.2. The van der Waals surface area contributed by atoms with Crippen LogP contribution in [0.25, 0.3) is 0 Å². The van der Waals surface area contributed by atoms with E-state index in [9.17, 15) is 8.42 Å². The first-order valence-electron chi connectivity index (χ1n) is 4.65. The van der Waals surface area contributed by atoms with Crippen LogP contribution in [0.1, 0.15) is 18.1 Å². The summed E-state index contributed by atoms with van der Waals surface area (Å²) in [5, 5.41) is 0. The minimum atomic E-state index is -3.39. The first-order valence-corrected chi connectivity index (χ1v) is 6.92. The van der Waals surface area contributed by atoms with Gasteiger partial charge < -0.3 is 0 Å². The standard InChI is InChI=1S/C10H14BrNO2S/c1-4-12-15(13,14)10-8(3)5-7(2)6-9(10)11/h5-6,12H,4H2,1-3H3. The fraction of sp³-hybridized carbons (Fsp3) is 0.400. The second-order valence-corrected chi connectivity index (χ2v) is 5.95. The maximum absolute atomic E-state index is 11.8. The van der Waals surface area contributed by atoms with Gasteiger partial charge in [0.2, 0.25) is 10.0 Å². The summed E-state index contributed by atoms with van der Waals surface area (Å²) in [7, 11) is -3.39. The second kappa shape index (κ2) is 4.63. The van der Waals surface area contributed by atoms with E-state index >= 15 is 0 Å². The number of rotatable bonds is 3. The number of sulfonamides is 1. The molecule has 0 radical (unpaired) electrons. The molecule has 0 heterocycles. The Bertz CT molecular complexity index is 445. The Morgan fingerprint density at radius 2 is 1.93 bits per heavy atom. The highest BCUT2D eigenvalue weighted by molar-refractivity contribution is 9.10. The highest BCUT2D eigenvalue weighted by Gasteiger charge is 2.19. The van der Waals surface area contributed by atoms with Crippen LogP contribution in [0, 0.1) is 13.8 Å². The largest absolute Gasteiger partial charge is 0.241 e. The molecule has 0 saturated heterocycles. The number of halogens is 1. The van der Waals surface area contributed by atoms with Gasteiger partial charge in [-0.1, -0.05) is 13.0 Å². The molecule has 1 N–H and O–H groups in total. The molecule has 0 aromatic heterocycles. The lowest BCUT2D eigenvalue weighted by Gasteiger charge is -2.10. The first-order chi connectivity index (χ1) is 6.88. The molecule has 0 aliphatic heterocycles. The van der Waals surface area contributed by atoms with Crippen molar-refractivity contribution < 1.29 is 8.42 Å². The van der Waals surface area contributed by atoms with Crippen molar-refractivity contribution in [3.63, 3.8) is 0 Å². The predicted molar refractivity (Wildman–Crippen MR) is 64.5 cm³/mol. The van der Waals surface area contributed by atoms with Gasteiger partial charge in [0.15, 0.2) is 0 Å². The second-order valence-electron chi connectivity index (χ2n) is 3.39. The topological polar surface area (TPSA) is 46.2 Å². The molecule has 0 fully saturated rings. The van der Waals surface area contributed by atoms with Crippen molar-refractivity contribution in [3.05, 3.63) is 27.7 Å². The zero-order chi connectivity index (χ0) is 11.6. The van der Waals surface area contributed by atoms with Crippen molar-refractivity contribution in [2.75, 3.05) is 6.54 Å². The normalized spacial score (nSPS) is 11.7. The molecule has 0 spiro atoms. The summed E-state index contributed by atoms with van der Waals surface area (Å²) in [5.41, 5.74) is 1.79. The molecule has 84 valence electrons. The number of benzene rings is 1. The molecule has 3 nitrogen and oxygen atoms in total. The predicted octanol–water partition coefficient (Wildman–Crippen LogP) is 2.36. The number of nitrogens with one attached hydrogen (secondary N) is 1. The molecular weight excluding hydrogens is 278 g/mol. The van der Waals surface area contributed by atoms with Gasteiger partial charge in [0.25, 0.3) is 0 Å². The Hall–Kier alpha value is -0.390. The summed E-state index contributed by atoms with van der Waals surface area (Å²) in [4.78, 5) is 0.329. The van der Waals surface area contributed by atoms with Crippen LogP contribution in [0.2, 0.25) is 0 Å². The lowest BCUT2D eigenvalue weighted by Crippen LogP contribution is -2.24. The molecule has 1 aromatic carbocycles. The molecule has 5 heteroatoms. The molecule has 0 aliphatic rings. The molecule has 1 rings (SSSR count). The SMILES string of the molecule is CCNS(=O)(=O)c1c(C)cc(C)cc1Br. The van der Waals surface area contributed by atoms with Crippen LogP contribution < -0.4 is 4.72 Å². The first kappa shape index (κ1) is 12.7. The maximum Gasteiger partial charge on any atom is 0.241 e. The molecule has 0 aliphatic carbocycles. The van der Waals surface area contributed by atoms with E-state index in [4.69, 9.17) is 0 Å². The van der Waals surface area contributed by atoms with Gasteiger partial charge in [-0.3, -0.25) is 0 Å². The average molecular weight is 292 g/mol. The van der Waals surface area contributed by atoms with E-state index in [1.807, 2.05) is 13.0 Å². The van der Waals surface area contributed by atoms with Crippen LogP contribution in [-0.2, 0) is 10.0 Å². The summed E-state index contributed by atoms with van der Waals surface area (Å²) >= 11 is 3.28. The van der Waals surface area contributed by atoms with E-state index in [1.54, 1.807) is 19.9 Å². The lowest BCUT2D eigenvalue weighted by molar-refractivity contribution is 0.582. The Morgan fingerprint density at radius 3 is 2.40 bits per heavy atom. The highest BCUT2D eigenvalue weighted by atomic mass is 79.9. The van der Waals surface area contributed by atoms with Gasteiger partial charge in [0.1, 0.15) is 0 Å². The van der Waals surface area contributed by atoms with Crippen LogP contribution in [0.4, 0.5) is 0 Å². The zero-order valence-electron chi connectivity index (χ0n) is 8.96. The van der Waals surface area contributed by atoms with Crippen LogP contribution in [0.5, 0.6) is 0 Å². The minimum Gasteiger partial charge on any atom is -0.211 e. The molecule has 0 saturated carbocycles. The van der Waals surface area contributed by atoms with Crippen LogP contribution in [-0.4, -0.2) is 15.0 Å². The summed E-state index contributed by atoms with van der Waals surface area (Å²) in [6.45, 7) is 5.88. The summed E-state index contributed by atoms with van der Waals surface area (Å²) < 4.78 is 26.8. The average Bonchev–Trinajstić information content (AvgIpc) is 1.99. The monoisotopic (exact) mass is 291 g/mol. The third-order valence-electron chi connectivity index (χ3n) is 1.98. The molecule has 0 unspecified atom stereocenters. The minimum absolute atomic E-state index is 0.329. The van der Waals surface area contributed by atoms with Crippen molar-refractivity contribution in [3.8, 4) is 0 Å². The van der Waals surface area contributed by atoms with Crippen molar-refractivity contribution in [2.45, 2.75) is 25.7 Å². The molecule has 0 bridgehead atoms. The van der Waals surface area contributed by atoms with Crippen LogP contribution in [0.15, 0.2) is 21.5 Å². The van der Waals surface area contributed by atoms with Gasteiger partial charge in [-0.05, 0) is 47.0 Å². The van der Waals surface area contributed by atoms with E-state index in [2.05, 4.69) is 20.7 Å². The van der Waals surface area contributed by atoms with Crippen molar-refractivity contribution in [1.29, 1.82) is 0 Å². The van der Waals surface area contributed by atoms with Gasteiger partial charge in [-0.2, -0.15) is 0 Å². The quantitative estimate of drug-likeness (QED) is 0.929. The third kappa shape index (κ3) is 2.80. The Morgan fingerprint density at radius 1 is 1.33 bits per heavy atom. The van der Waals surface area contributed by atoms with Crippen molar-refractivity contribution >= 4 is 26.0 Å². The van der Waals surface area contributed by atoms with Gasteiger partial charge in [-0.15, -0.1) is 0 Å².